The van der Waals surface area contributed by atoms with E-state index in [9.17, 15) is 0 Å². The summed E-state index contributed by atoms with van der Waals surface area (Å²) in [6.07, 6.45) is 3.34. The average molecular weight is 733 g/mol. The highest BCUT2D eigenvalue weighted by Gasteiger charge is 2.20. The maximum Gasteiger partial charge on any atom is 0.0355 e. The Bertz CT molecular complexity index is 2740. The van der Waals surface area contributed by atoms with Gasteiger partial charge in [0.2, 0.25) is 0 Å². The lowest BCUT2D eigenvalue weighted by Crippen LogP contribution is -2.04. The molecule has 1 heteroatoms. The van der Waals surface area contributed by atoms with E-state index < -0.39 is 0 Å². The summed E-state index contributed by atoms with van der Waals surface area (Å²) in [5.41, 5.74) is 16.9. The van der Waals surface area contributed by atoms with E-state index >= 15 is 0 Å². The van der Waals surface area contributed by atoms with Gasteiger partial charge in [-0.05, 0) is 96.3 Å². The number of hydrogen-bond donors (Lipinski definition) is 0. The van der Waals surface area contributed by atoms with E-state index in [4.69, 9.17) is 0 Å². The Balaban J connectivity index is 0.917. The van der Waals surface area contributed by atoms with Crippen LogP contribution in [0.15, 0.2) is 212 Å². The summed E-state index contributed by atoms with van der Waals surface area (Å²) in [6, 6.07) is 78.3. The molecule has 8 aromatic carbocycles. The van der Waals surface area contributed by atoms with E-state index in [0.29, 0.717) is 0 Å². The van der Waals surface area contributed by atoms with Gasteiger partial charge in [0.15, 0.2) is 0 Å². The Morgan fingerprint density at radius 3 is 1.30 bits per heavy atom. The Labute approximate surface area is 333 Å². The highest BCUT2D eigenvalue weighted by Crippen LogP contribution is 2.39. The molecule has 0 fully saturated rings. The number of allylic oxidation sites excluding steroid dienone is 1. The Morgan fingerprint density at radius 2 is 0.786 bits per heavy atom. The van der Waals surface area contributed by atoms with E-state index in [1.54, 1.807) is 0 Å². The van der Waals surface area contributed by atoms with E-state index in [1.807, 2.05) is 11.3 Å². The van der Waals surface area contributed by atoms with Gasteiger partial charge in [0.05, 0.1) is 0 Å². The molecule has 0 spiro atoms. The predicted octanol–water partition coefficient (Wildman–Crippen LogP) is 14.7. The van der Waals surface area contributed by atoms with Crippen LogP contribution in [-0.2, 0) is 6.42 Å². The summed E-state index contributed by atoms with van der Waals surface area (Å²) < 4.78 is 1.33. The van der Waals surface area contributed by atoms with Crippen molar-refractivity contribution in [2.75, 3.05) is 0 Å². The van der Waals surface area contributed by atoms with Crippen molar-refractivity contribution in [1.82, 2.24) is 0 Å². The second-order valence-electron chi connectivity index (χ2n) is 14.9. The highest BCUT2D eigenvalue weighted by atomic mass is 32.1. The van der Waals surface area contributed by atoms with Crippen LogP contribution in [0.2, 0.25) is 0 Å². The molecule has 1 aliphatic carbocycles. The molecule has 0 amide bonds. The molecule has 0 aliphatic heterocycles. The van der Waals surface area contributed by atoms with Gasteiger partial charge in [0.1, 0.15) is 0 Å². The van der Waals surface area contributed by atoms with Crippen molar-refractivity contribution in [3.8, 4) is 21.6 Å². The Kier molecular flexibility index (Phi) is 9.07. The predicted molar refractivity (Wildman–Crippen MR) is 238 cm³/mol. The summed E-state index contributed by atoms with van der Waals surface area (Å²) in [6.45, 7) is 0. The summed E-state index contributed by atoms with van der Waals surface area (Å²) in [7, 11) is 0. The second-order valence-corrected chi connectivity index (χ2v) is 16.0. The maximum atomic E-state index is 2.34. The lowest BCUT2D eigenvalue weighted by molar-refractivity contribution is 0.976. The van der Waals surface area contributed by atoms with Crippen LogP contribution in [0, 0.1) is 0 Å². The SMILES string of the molecule is C1=C(c2ccc(C(c3ccccc3)c3ccc(-c4ccc(C(c5ccccc5)c5ccc(-c6cc7ccccc7s6)cc5)cc4)cc3)cc2)Cc2ccccc21. The average Bonchev–Trinajstić information content (AvgIpc) is 3.91. The molecule has 0 saturated heterocycles. The van der Waals surface area contributed by atoms with Crippen LogP contribution in [0.5, 0.6) is 0 Å². The maximum absolute atomic E-state index is 2.34. The molecule has 2 unspecified atom stereocenters. The van der Waals surface area contributed by atoms with Crippen molar-refractivity contribution in [2.45, 2.75) is 18.3 Å². The van der Waals surface area contributed by atoms with Crippen LogP contribution in [-0.4, -0.2) is 0 Å². The molecule has 0 bridgehead atoms. The fraction of sp³-hybridized carbons (Fsp3) is 0.0545. The van der Waals surface area contributed by atoms with Crippen LogP contribution in [0.25, 0.3) is 43.3 Å². The second kappa shape index (κ2) is 14.9. The van der Waals surface area contributed by atoms with Crippen molar-refractivity contribution in [1.29, 1.82) is 0 Å². The zero-order valence-electron chi connectivity index (χ0n) is 31.1. The number of benzene rings is 8. The normalized spacial score (nSPS) is 13.2. The van der Waals surface area contributed by atoms with Crippen molar-refractivity contribution in [3.05, 3.63) is 262 Å². The van der Waals surface area contributed by atoms with Crippen LogP contribution in [0.1, 0.15) is 61.9 Å². The zero-order chi connectivity index (χ0) is 37.3. The largest absolute Gasteiger partial charge is 0.135 e. The van der Waals surface area contributed by atoms with Crippen molar-refractivity contribution >= 4 is 33.1 Å². The van der Waals surface area contributed by atoms with Crippen molar-refractivity contribution in [3.63, 3.8) is 0 Å². The first-order valence-corrected chi connectivity index (χ1v) is 20.3. The van der Waals surface area contributed by atoms with Gasteiger partial charge in [-0.2, -0.15) is 0 Å². The number of rotatable bonds is 9. The smallest absolute Gasteiger partial charge is 0.0355 e. The molecule has 1 aliphatic rings. The van der Waals surface area contributed by atoms with Crippen LogP contribution < -0.4 is 0 Å². The van der Waals surface area contributed by atoms with Crippen LogP contribution in [0.4, 0.5) is 0 Å². The third-order valence-electron chi connectivity index (χ3n) is 11.4. The first kappa shape index (κ1) is 34.0. The van der Waals surface area contributed by atoms with E-state index in [0.717, 1.165) is 6.42 Å². The van der Waals surface area contributed by atoms with Gasteiger partial charge in [-0.15, -0.1) is 11.3 Å². The molecular formula is C55H40S. The molecule has 0 saturated carbocycles. The minimum Gasteiger partial charge on any atom is -0.135 e. The summed E-state index contributed by atoms with van der Waals surface area (Å²) >= 11 is 1.86. The monoisotopic (exact) mass is 732 g/mol. The first-order valence-electron chi connectivity index (χ1n) is 19.5. The molecular weight excluding hydrogens is 693 g/mol. The molecule has 10 rings (SSSR count). The van der Waals surface area contributed by atoms with Gasteiger partial charge in [0.25, 0.3) is 0 Å². The van der Waals surface area contributed by atoms with Crippen LogP contribution in [0.3, 0.4) is 0 Å². The summed E-state index contributed by atoms with van der Waals surface area (Å²) in [5.74, 6) is 0.288. The molecule has 0 radical (unpaired) electrons. The van der Waals surface area contributed by atoms with E-state index in [2.05, 4.69) is 218 Å². The van der Waals surface area contributed by atoms with Crippen molar-refractivity contribution in [2.24, 2.45) is 0 Å². The van der Waals surface area contributed by atoms with Gasteiger partial charge in [-0.1, -0.05) is 206 Å². The molecule has 9 aromatic rings. The molecule has 266 valence electrons. The quantitative estimate of drug-likeness (QED) is 0.130. The molecule has 1 heterocycles. The van der Waals surface area contributed by atoms with Crippen molar-refractivity contribution < 1.29 is 0 Å². The van der Waals surface area contributed by atoms with Gasteiger partial charge in [-0.25, -0.2) is 0 Å². The van der Waals surface area contributed by atoms with Gasteiger partial charge in [-0.3, -0.25) is 0 Å². The minimum atomic E-state index is 0.141. The molecule has 0 N–H and O–H groups in total. The lowest BCUT2D eigenvalue weighted by Gasteiger charge is -2.21. The molecule has 56 heavy (non-hydrogen) atoms. The number of thiophene rings is 1. The standard InChI is InChI=1S/C55H40S/c1-3-11-42(12-4-1)54(46-31-23-40(24-32-46)51-35-48-15-7-8-16-49(48)36-51)44-27-19-38(20-28-44)39-21-29-45(30-22-39)55(43-13-5-2-6-14-43)47-33-25-41(26-34-47)53-37-50-17-9-10-18-52(50)56-53/h1-35,37,54-55H,36H2. The highest BCUT2D eigenvalue weighted by molar-refractivity contribution is 7.22. The minimum absolute atomic E-state index is 0.141. The van der Waals surface area contributed by atoms with E-state index in [-0.39, 0.29) is 11.8 Å². The summed E-state index contributed by atoms with van der Waals surface area (Å²) in [4.78, 5) is 1.31. The zero-order valence-corrected chi connectivity index (χ0v) is 31.9. The summed E-state index contributed by atoms with van der Waals surface area (Å²) in [5, 5.41) is 1.30. The third-order valence-corrected chi connectivity index (χ3v) is 12.6. The number of hydrogen-bond acceptors (Lipinski definition) is 1. The fourth-order valence-corrected chi connectivity index (χ4v) is 9.57. The third kappa shape index (κ3) is 6.72. The van der Waals surface area contributed by atoms with Crippen LogP contribution >= 0.6 is 11.3 Å². The fourth-order valence-electron chi connectivity index (χ4n) is 8.50. The molecule has 1 aromatic heterocycles. The number of fused-ring (bicyclic) bond motifs is 2. The Morgan fingerprint density at radius 1 is 0.357 bits per heavy atom. The molecule has 2 atom stereocenters. The van der Waals surface area contributed by atoms with Gasteiger partial charge < -0.3 is 0 Å². The Hall–Kier alpha value is -6.54. The van der Waals surface area contributed by atoms with Gasteiger partial charge >= 0.3 is 0 Å². The van der Waals surface area contributed by atoms with E-state index in [1.165, 1.54) is 87.3 Å². The van der Waals surface area contributed by atoms with Gasteiger partial charge in [0, 0.05) is 21.4 Å². The first-order chi connectivity index (χ1) is 27.7. The molecule has 0 nitrogen and oxygen atoms in total. The topological polar surface area (TPSA) is 0 Å². The lowest BCUT2D eigenvalue weighted by atomic mass is 9.83.